The smallest absolute Gasteiger partial charge is 0.251 e. The molecule has 1 heterocycles. The minimum atomic E-state index is -0.707. The Morgan fingerprint density at radius 1 is 0.903 bits per heavy atom. The van der Waals surface area contributed by atoms with Gasteiger partial charge in [0.15, 0.2) is 5.78 Å². The number of hydrogen-bond acceptors (Lipinski definition) is 5. The molecule has 1 amide bonds. The predicted molar refractivity (Wildman–Crippen MR) is 116 cm³/mol. The maximum Gasteiger partial charge on any atom is 0.251 e. The number of pyridine rings is 1. The van der Waals surface area contributed by atoms with Crippen molar-refractivity contribution in [3.05, 3.63) is 89.1 Å². The lowest BCUT2D eigenvalue weighted by Gasteiger charge is -2.21. The van der Waals surface area contributed by atoms with Gasteiger partial charge in [0.2, 0.25) is 0 Å². The number of amides is 1. The van der Waals surface area contributed by atoms with Gasteiger partial charge in [0.25, 0.3) is 5.91 Å². The Bertz CT molecular complexity index is 1180. The summed E-state index contributed by atoms with van der Waals surface area (Å²) >= 11 is 0. The van der Waals surface area contributed by atoms with Gasteiger partial charge in [0, 0.05) is 22.9 Å². The van der Waals surface area contributed by atoms with Gasteiger partial charge in [0.1, 0.15) is 6.07 Å². The number of benzene rings is 2. The average Bonchev–Trinajstić information content (AvgIpc) is 2.81. The van der Waals surface area contributed by atoms with E-state index in [0.29, 0.717) is 27.9 Å². The molecule has 0 spiro atoms. The Hall–Kier alpha value is -4.29. The molecule has 1 aromatic heterocycles. The van der Waals surface area contributed by atoms with Crippen LogP contribution in [0.25, 0.3) is 11.3 Å². The van der Waals surface area contributed by atoms with Crippen molar-refractivity contribution in [1.82, 2.24) is 10.3 Å². The van der Waals surface area contributed by atoms with E-state index in [2.05, 4.69) is 16.4 Å². The minimum absolute atomic E-state index is 0.127. The van der Waals surface area contributed by atoms with E-state index < -0.39 is 6.04 Å². The number of ketones is 1. The second-order valence-electron chi connectivity index (χ2n) is 7.34. The number of carbonyl (C=O) groups excluding carboxylic acids is 2. The second-order valence-corrected chi connectivity index (χ2v) is 7.34. The summed E-state index contributed by atoms with van der Waals surface area (Å²) in [4.78, 5) is 30.0. The van der Waals surface area contributed by atoms with E-state index in [4.69, 9.17) is 5.26 Å². The largest absolute Gasteiger partial charge is 0.342 e. The molecule has 2 aromatic carbocycles. The number of Topliss-reactive ketones (excluding diaryl/α,β-unsaturated/α-hetero) is 1. The molecular formula is C25H20N4O2. The lowest BCUT2D eigenvalue weighted by Crippen LogP contribution is -2.44. The highest BCUT2D eigenvalue weighted by atomic mass is 16.2. The Morgan fingerprint density at radius 2 is 1.55 bits per heavy atom. The molecule has 6 heteroatoms. The van der Waals surface area contributed by atoms with Crippen molar-refractivity contribution >= 4 is 11.7 Å². The molecule has 0 fully saturated rings. The SMILES string of the molecule is CC(C)C(NC(=O)c1ccc(-c2ncccc2C#N)cc1)C(=O)c1ccc(C#N)cc1. The molecule has 3 aromatic rings. The van der Waals surface area contributed by atoms with Gasteiger partial charge < -0.3 is 5.32 Å². The predicted octanol–water partition coefficient (Wildman–Crippen LogP) is 4.13. The molecule has 0 aliphatic carbocycles. The summed E-state index contributed by atoms with van der Waals surface area (Å²) < 4.78 is 0. The molecule has 1 unspecified atom stereocenters. The number of aromatic nitrogens is 1. The zero-order chi connectivity index (χ0) is 22.4. The molecule has 0 aliphatic rings. The molecule has 1 N–H and O–H groups in total. The van der Waals surface area contributed by atoms with Gasteiger partial charge >= 0.3 is 0 Å². The number of rotatable bonds is 6. The quantitative estimate of drug-likeness (QED) is 0.617. The van der Waals surface area contributed by atoms with E-state index in [0.717, 1.165) is 5.56 Å². The fourth-order valence-electron chi connectivity index (χ4n) is 3.15. The first kappa shape index (κ1) is 21.4. The van der Waals surface area contributed by atoms with E-state index in [1.54, 1.807) is 66.9 Å². The molecular weight excluding hydrogens is 388 g/mol. The van der Waals surface area contributed by atoms with Crippen LogP contribution in [0.3, 0.4) is 0 Å². The molecule has 0 aliphatic heterocycles. The average molecular weight is 408 g/mol. The molecule has 31 heavy (non-hydrogen) atoms. The summed E-state index contributed by atoms with van der Waals surface area (Å²) in [5, 5.41) is 21.0. The third kappa shape index (κ3) is 4.83. The van der Waals surface area contributed by atoms with Gasteiger partial charge in [-0.1, -0.05) is 38.1 Å². The Labute approximate surface area is 180 Å². The first-order valence-corrected chi connectivity index (χ1v) is 9.75. The van der Waals surface area contributed by atoms with Crippen molar-refractivity contribution < 1.29 is 9.59 Å². The maximum absolute atomic E-state index is 12.9. The van der Waals surface area contributed by atoms with Crippen LogP contribution in [0.15, 0.2) is 66.9 Å². The zero-order valence-electron chi connectivity index (χ0n) is 17.2. The van der Waals surface area contributed by atoms with Gasteiger partial charge in [-0.2, -0.15) is 10.5 Å². The van der Waals surface area contributed by atoms with Crippen molar-refractivity contribution in [2.24, 2.45) is 5.92 Å². The third-order valence-electron chi connectivity index (χ3n) is 4.88. The Balaban J connectivity index is 1.79. The van der Waals surface area contributed by atoms with Gasteiger partial charge in [-0.05, 0) is 42.3 Å². The number of nitrogens with zero attached hydrogens (tertiary/aromatic N) is 3. The molecule has 0 saturated carbocycles. The standard InChI is InChI=1S/C25H20N4O2/c1-16(2)22(24(30)19-7-5-17(14-26)6-8-19)29-25(31)20-11-9-18(10-12-20)23-21(15-27)4-3-13-28-23/h3-13,16,22H,1-2H3,(H,29,31). The molecule has 0 radical (unpaired) electrons. The molecule has 6 nitrogen and oxygen atoms in total. The van der Waals surface area contributed by atoms with Crippen molar-refractivity contribution in [3.63, 3.8) is 0 Å². The first-order chi connectivity index (χ1) is 14.9. The van der Waals surface area contributed by atoms with Crippen molar-refractivity contribution in [3.8, 4) is 23.4 Å². The van der Waals surface area contributed by atoms with E-state index in [9.17, 15) is 14.9 Å². The van der Waals surface area contributed by atoms with Crippen molar-refractivity contribution in [2.45, 2.75) is 19.9 Å². The fraction of sp³-hybridized carbons (Fsp3) is 0.160. The van der Waals surface area contributed by atoms with Crippen LogP contribution in [0.1, 0.15) is 45.7 Å². The third-order valence-corrected chi connectivity index (χ3v) is 4.88. The minimum Gasteiger partial charge on any atom is -0.342 e. The number of nitriles is 2. The first-order valence-electron chi connectivity index (χ1n) is 9.75. The summed E-state index contributed by atoms with van der Waals surface area (Å²) in [6.45, 7) is 3.72. The summed E-state index contributed by atoms with van der Waals surface area (Å²) in [6, 6.07) is 19.9. The second kappa shape index (κ2) is 9.47. The number of carbonyl (C=O) groups is 2. The lowest BCUT2D eigenvalue weighted by atomic mass is 9.94. The lowest BCUT2D eigenvalue weighted by molar-refractivity contribution is 0.0831. The van der Waals surface area contributed by atoms with Crippen molar-refractivity contribution in [2.75, 3.05) is 0 Å². The highest BCUT2D eigenvalue weighted by molar-refractivity contribution is 6.04. The van der Waals surface area contributed by atoms with Gasteiger partial charge in [-0.15, -0.1) is 0 Å². The van der Waals surface area contributed by atoms with Crippen molar-refractivity contribution in [1.29, 1.82) is 10.5 Å². The van der Waals surface area contributed by atoms with E-state index in [-0.39, 0.29) is 17.6 Å². The van der Waals surface area contributed by atoms with Gasteiger partial charge in [0.05, 0.1) is 28.9 Å². The summed E-state index contributed by atoms with van der Waals surface area (Å²) in [7, 11) is 0. The number of nitrogens with one attached hydrogen (secondary N) is 1. The highest BCUT2D eigenvalue weighted by Gasteiger charge is 2.25. The van der Waals surface area contributed by atoms with Gasteiger partial charge in [-0.3, -0.25) is 14.6 Å². The van der Waals surface area contributed by atoms with Crippen LogP contribution >= 0.6 is 0 Å². The monoisotopic (exact) mass is 408 g/mol. The molecule has 1 atom stereocenters. The Morgan fingerprint density at radius 3 is 2.13 bits per heavy atom. The fourth-order valence-corrected chi connectivity index (χ4v) is 3.15. The van der Waals surface area contributed by atoms with E-state index >= 15 is 0 Å². The van der Waals surface area contributed by atoms with Gasteiger partial charge in [-0.25, -0.2) is 0 Å². The van der Waals surface area contributed by atoms with Crippen LogP contribution in [-0.4, -0.2) is 22.7 Å². The maximum atomic E-state index is 12.9. The Kier molecular flexibility index (Phi) is 6.54. The summed E-state index contributed by atoms with van der Waals surface area (Å²) in [6.07, 6.45) is 1.61. The van der Waals surface area contributed by atoms with Crippen LogP contribution in [-0.2, 0) is 0 Å². The van der Waals surface area contributed by atoms with Crippen LogP contribution in [0.2, 0.25) is 0 Å². The zero-order valence-corrected chi connectivity index (χ0v) is 17.2. The topological polar surface area (TPSA) is 107 Å². The van der Waals surface area contributed by atoms with Crippen LogP contribution in [0.4, 0.5) is 0 Å². The molecule has 152 valence electrons. The molecule has 0 bridgehead atoms. The van der Waals surface area contributed by atoms with Crippen LogP contribution in [0, 0.1) is 28.6 Å². The molecule has 0 saturated heterocycles. The van der Waals surface area contributed by atoms with E-state index in [1.165, 1.54) is 0 Å². The van der Waals surface area contributed by atoms with Crippen LogP contribution in [0.5, 0.6) is 0 Å². The summed E-state index contributed by atoms with van der Waals surface area (Å²) in [5.41, 5.74) is 3.03. The highest BCUT2D eigenvalue weighted by Crippen LogP contribution is 2.21. The normalized spacial score (nSPS) is 11.3. The van der Waals surface area contributed by atoms with E-state index in [1.807, 2.05) is 19.9 Å². The summed E-state index contributed by atoms with van der Waals surface area (Å²) in [5.74, 6) is -0.705. The van der Waals surface area contributed by atoms with Crippen LogP contribution < -0.4 is 5.32 Å². The number of hydrogen-bond donors (Lipinski definition) is 1. The molecule has 3 rings (SSSR count).